The number of carbonyl (C=O) groups excluding carboxylic acids is 2. The summed E-state index contributed by atoms with van der Waals surface area (Å²) in [7, 11) is 0. The van der Waals surface area contributed by atoms with Crippen molar-refractivity contribution in [2.45, 2.75) is 62.3 Å². The minimum absolute atomic E-state index is 0.166. The molecule has 2 aromatic carbocycles. The third-order valence-corrected chi connectivity index (χ3v) is 9.86. The van der Waals surface area contributed by atoms with Crippen molar-refractivity contribution in [3.8, 4) is 0 Å². The van der Waals surface area contributed by atoms with Gasteiger partial charge in [-0.25, -0.2) is 9.59 Å². The van der Waals surface area contributed by atoms with Crippen molar-refractivity contribution in [1.82, 2.24) is 4.90 Å². The van der Waals surface area contributed by atoms with Gasteiger partial charge in [-0.05, 0) is 11.1 Å². The van der Waals surface area contributed by atoms with Crippen LogP contribution in [0.25, 0.3) is 0 Å². The molecular formula is C33H43N2O7+. The van der Waals surface area contributed by atoms with Gasteiger partial charge in [-0.1, -0.05) is 60.7 Å². The Morgan fingerprint density at radius 3 is 2.05 bits per heavy atom. The molecule has 2 atom stereocenters. The molecule has 226 valence electrons. The fourth-order valence-electron chi connectivity index (χ4n) is 7.81. The summed E-state index contributed by atoms with van der Waals surface area (Å²) in [4.78, 5) is 29.0. The first kappa shape index (κ1) is 29.1. The van der Waals surface area contributed by atoms with Crippen LogP contribution in [-0.4, -0.2) is 99.0 Å². The number of quaternary nitrogens is 1. The zero-order valence-electron chi connectivity index (χ0n) is 24.4. The maximum atomic E-state index is 14.4. The number of benzene rings is 2. The molecule has 2 aromatic rings. The van der Waals surface area contributed by atoms with Crippen molar-refractivity contribution in [1.29, 1.82) is 0 Å². The number of carbonyl (C=O) groups is 2. The van der Waals surface area contributed by atoms with Crippen LogP contribution in [0.15, 0.2) is 60.7 Å². The highest BCUT2D eigenvalue weighted by Gasteiger charge is 2.57. The molecule has 1 spiro atoms. The molecular weight excluding hydrogens is 536 g/mol. The molecule has 2 bridgehead atoms. The van der Waals surface area contributed by atoms with Gasteiger partial charge in [-0.3, -0.25) is 4.90 Å². The highest BCUT2D eigenvalue weighted by Crippen LogP contribution is 2.47. The summed E-state index contributed by atoms with van der Waals surface area (Å²) in [5.41, 5.74) is -0.368. The number of esters is 1. The van der Waals surface area contributed by atoms with E-state index < -0.39 is 24.5 Å². The van der Waals surface area contributed by atoms with Crippen molar-refractivity contribution in [2.75, 3.05) is 59.3 Å². The molecule has 2 unspecified atom stereocenters. The van der Waals surface area contributed by atoms with Gasteiger partial charge in [-0.15, -0.1) is 0 Å². The van der Waals surface area contributed by atoms with Crippen molar-refractivity contribution < 1.29 is 37.8 Å². The van der Waals surface area contributed by atoms with E-state index in [4.69, 9.17) is 23.7 Å². The van der Waals surface area contributed by atoms with Crippen LogP contribution < -0.4 is 0 Å². The first-order chi connectivity index (χ1) is 20.6. The first-order valence-corrected chi connectivity index (χ1v) is 15.5. The van der Waals surface area contributed by atoms with Crippen molar-refractivity contribution in [3.05, 3.63) is 71.8 Å². The summed E-state index contributed by atoms with van der Waals surface area (Å²) in [5.74, 6) is -0.483. The molecule has 4 aliphatic heterocycles. The maximum absolute atomic E-state index is 14.4. The number of nitrogens with zero attached hydrogens (tertiary/aromatic N) is 2. The SMILES string of the molecule is O=C(OCCN1CCOCC1)OCOC(C(=O)OC1CC2CCC(C1)[N+]21CCCC1)(c1ccccc1)c1ccccc1. The summed E-state index contributed by atoms with van der Waals surface area (Å²) in [6.07, 6.45) is 5.77. The molecule has 9 heteroatoms. The molecule has 4 saturated heterocycles. The Morgan fingerprint density at radius 1 is 0.857 bits per heavy atom. The highest BCUT2D eigenvalue weighted by molar-refractivity contribution is 5.86. The number of ether oxygens (including phenoxy) is 5. The van der Waals surface area contributed by atoms with E-state index >= 15 is 0 Å². The number of hydrogen-bond acceptors (Lipinski definition) is 8. The van der Waals surface area contributed by atoms with Gasteiger partial charge in [0.1, 0.15) is 12.7 Å². The van der Waals surface area contributed by atoms with Gasteiger partial charge in [0, 0.05) is 58.2 Å². The Bertz CT molecular complexity index is 1130. The summed E-state index contributed by atoms with van der Waals surface area (Å²) in [5, 5.41) is 0. The lowest BCUT2D eigenvalue weighted by atomic mass is 9.85. The zero-order valence-corrected chi connectivity index (χ0v) is 24.4. The van der Waals surface area contributed by atoms with Gasteiger partial charge in [0.25, 0.3) is 0 Å². The predicted octanol–water partition coefficient (Wildman–Crippen LogP) is 4.24. The van der Waals surface area contributed by atoms with Crippen LogP contribution in [0.2, 0.25) is 0 Å². The average Bonchev–Trinajstić information content (AvgIpc) is 3.57. The van der Waals surface area contributed by atoms with Gasteiger partial charge in [-0.2, -0.15) is 0 Å². The number of hydrogen-bond donors (Lipinski definition) is 0. The van der Waals surface area contributed by atoms with Crippen LogP contribution in [0.5, 0.6) is 0 Å². The summed E-state index contributed by atoms with van der Waals surface area (Å²) < 4.78 is 29.9. The van der Waals surface area contributed by atoms with E-state index in [9.17, 15) is 9.59 Å². The Balaban J connectivity index is 1.16. The standard InChI is InChI=1S/C33H43N2O7/c36-31(42-30-23-28-13-14-29(24-30)35(28)18-7-8-19-35)33(26-9-3-1-4-10-26,27-11-5-2-6-12-27)41-25-40-32(37)39-22-17-34-15-20-38-21-16-34/h1-6,9-12,28-30H,7-8,13-25H2/q+1. The molecule has 4 aliphatic rings. The van der Waals surface area contributed by atoms with Crippen LogP contribution in [0.3, 0.4) is 0 Å². The van der Waals surface area contributed by atoms with E-state index in [1.165, 1.54) is 43.3 Å². The monoisotopic (exact) mass is 579 g/mol. The molecule has 4 fully saturated rings. The molecule has 6 rings (SSSR count). The molecule has 0 N–H and O–H groups in total. The molecule has 0 radical (unpaired) electrons. The Labute approximate surface area is 248 Å². The molecule has 0 aromatic heterocycles. The lowest BCUT2D eigenvalue weighted by molar-refractivity contribution is -0.956. The molecule has 0 saturated carbocycles. The second kappa shape index (κ2) is 13.1. The van der Waals surface area contributed by atoms with Gasteiger partial charge < -0.3 is 28.2 Å². The molecule has 42 heavy (non-hydrogen) atoms. The fraction of sp³-hybridized carbons (Fsp3) is 0.576. The summed E-state index contributed by atoms with van der Waals surface area (Å²) >= 11 is 0. The minimum Gasteiger partial charge on any atom is -0.459 e. The van der Waals surface area contributed by atoms with Crippen molar-refractivity contribution in [2.24, 2.45) is 0 Å². The van der Waals surface area contributed by atoms with E-state index in [2.05, 4.69) is 4.90 Å². The third kappa shape index (κ3) is 5.93. The smallest absolute Gasteiger partial charge is 0.459 e. The van der Waals surface area contributed by atoms with Crippen LogP contribution in [0, 0.1) is 0 Å². The van der Waals surface area contributed by atoms with Crippen LogP contribution >= 0.6 is 0 Å². The molecule has 0 amide bonds. The van der Waals surface area contributed by atoms with Crippen molar-refractivity contribution in [3.63, 3.8) is 0 Å². The van der Waals surface area contributed by atoms with E-state index in [0.29, 0.717) is 43.0 Å². The second-order valence-corrected chi connectivity index (χ2v) is 12.0. The Kier molecular flexibility index (Phi) is 9.09. The topological polar surface area (TPSA) is 83.5 Å². The lowest BCUT2D eigenvalue weighted by Crippen LogP contribution is -2.60. The predicted molar refractivity (Wildman–Crippen MR) is 154 cm³/mol. The normalized spacial score (nSPS) is 25.3. The molecule has 4 heterocycles. The highest BCUT2D eigenvalue weighted by atomic mass is 16.8. The third-order valence-electron chi connectivity index (χ3n) is 9.86. The zero-order chi connectivity index (χ0) is 28.8. The fourth-order valence-corrected chi connectivity index (χ4v) is 7.81. The molecule has 0 aliphatic carbocycles. The number of morpholine rings is 1. The molecule has 9 nitrogen and oxygen atoms in total. The van der Waals surface area contributed by atoms with Crippen LogP contribution in [0.1, 0.15) is 49.7 Å². The maximum Gasteiger partial charge on any atom is 0.510 e. The van der Waals surface area contributed by atoms with E-state index in [1.54, 1.807) is 0 Å². The quantitative estimate of drug-likeness (QED) is 0.235. The number of rotatable bonds is 10. The van der Waals surface area contributed by atoms with Crippen LogP contribution in [0.4, 0.5) is 4.79 Å². The van der Waals surface area contributed by atoms with Crippen molar-refractivity contribution >= 4 is 12.1 Å². The number of piperidine rings is 1. The first-order valence-electron chi connectivity index (χ1n) is 15.5. The van der Waals surface area contributed by atoms with E-state index in [1.807, 2.05) is 60.7 Å². The Hall–Kier alpha value is -2.98. The minimum atomic E-state index is -1.60. The van der Waals surface area contributed by atoms with Crippen LogP contribution in [-0.2, 0) is 34.1 Å². The summed E-state index contributed by atoms with van der Waals surface area (Å²) in [6, 6.07) is 19.8. The second-order valence-electron chi connectivity index (χ2n) is 12.0. The average molecular weight is 580 g/mol. The van der Waals surface area contributed by atoms with E-state index in [0.717, 1.165) is 25.9 Å². The largest absolute Gasteiger partial charge is 0.510 e. The van der Waals surface area contributed by atoms with E-state index in [-0.39, 0.29) is 12.7 Å². The van der Waals surface area contributed by atoms with Gasteiger partial charge in [0.15, 0.2) is 6.79 Å². The summed E-state index contributed by atoms with van der Waals surface area (Å²) in [6.45, 7) is 5.83. The van der Waals surface area contributed by atoms with Gasteiger partial charge >= 0.3 is 12.1 Å². The lowest BCUT2D eigenvalue weighted by Gasteiger charge is -2.47. The van der Waals surface area contributed by atoms with Gasteiger partial charge in [0.2, 0.25) is 5.60 Å². The Morgan fingerprint density at radius 2 is 1.45 bits per heavy atom. The van der Waals surface area contributed by atoms with Gasteiger partial charge in [0.05, 0.1) is 38.4 Å².